The number of carbonyl (C=O) groups is 1. The standard InChI is InChI=1S/C28H29N5O3/c1-2-35-23-11-6-8-20(18-23)19-30-27(34)22-13-16-33(17-14-22)26-24(12-7-15-29-26)28-31-25(32-36-28)21-9-4-3-5-10-21/h3-12,15,18,22H,2,13-14,16-17,19H2,1H3,(H,30,34). The van der Waals surface area contributed by atoms with Gasteiger partial charge in [-0.25, -0.2) is 4.98 Å². The van der Waals surface area contributed by atoms with Crippen molar-refractivity contribution in [1.82, 2.24) is 20.4 Å². The van der Waals surface area contributed by atoms with Gasteiger partial charge >= 0.3 is 0 Å². The molecule has 1 fully saturated rings. The molecule has 8 nitrogen and oxygen atoms in total. The summed E-state index contributed by atoms with van der Waals surface area (Å²) >= 11 is 0. The van der Waals surface area contributed by atoms with Crippen molar-refractivity contribution in [3.8, 4) is 28.6 Å². The van der Waals surface area contributed by atoms with E-state index in [0.717, 1.165) is 54.2 Å². The molecule has 0 saturated carbocycles. The predicted octanol–water partition coefficient (Wildman–Crippen LogP) is 4.73. The van der Waals surface area contributed by atoms with Gasteiger partial charge < -0.3 is 19.5 Å². The van der Waals surface area contributed by atoms with Crippen LogP contribution in [0.3, 0.4) is 0 Å². The second kappa shape index (κ2) is 11.0. The Morgan fingerprint density at radius 2 is 1.92 bits per heavy atom. The van der Waals surface area contributed by atoms with Crippen LogP contribution in [0.5, 0.6) is 5.75 Å². The van der Waals surface area contributed by atoms with E-state index in [2.05, 4.69) is 25.3 Å². The van der Waals surface area contributed by atoms with Crippen molar-refractivity contribution in [3.05, 3.63) is 78.5 Å². The Morgan fingerprint density at radius 3 is 2.72 bits per heavy atom. The first-order chi connectivity index (χ1) is 17.7. The highest BCUT2D eigenvalue weighted by molar-refractivity contribution is 5.79. The van der Waals surface area contributed by atoms with Gasteiger partial charge in [0.15, 0.2) is 0 Å². The minimum Gasteiger partial charge on any atom is -0.494 e. The number of nitrogens with one attached hydrogen (secondary N) is 1. The van der Waals surface area contributed by atoms with E-state index in [0.29, 0.717) is 24.9 Å². The predicted molar refractivity (Wildman–Crippen MR) is 137 cm³/mol. The number of amides is 1. The second-order valence-corrected chi connectivity index (χ2v) is 8.72. The lowest BCUT2D eigenvalue weighted by molar-refractivity contribution is -0.125. The van der Waals surface area contributed by atoms with E-state index >= 15 is 0 Å². The van der Waals surface area contributed by atoms with Gasteiger partial charge in [0.1, 0.15) is 11.6 Å². The average molecular weight is 484 g/mol. The normalized spacial score (nSPS) is 14.0. The van der Waals surface area contributed by atoms with E-state index in [1.807, 2.05) is 73.7 Å². The summed E-state index contributed by atoms with van der Waals surface area (Å²) in [5.74, 6) is 2.65. The minimum absolute atomic E-state index is 0.0309. The van der Waals surface area contributed by atoms with E-state index < -0.39 is 0 Å². The molecular weight excluding hydrogens is 454 g/mol. The van der Waals surface area contributed by atoms with Crippen molar-refractivity contribution in [2.24, 2.45) is 5.92 Å². The van der Waals surface area contributed by atoms with Crippen LogP contribution >= 0.6 is 0 Å². The Labute approximate surface area is 210 Å². The summed E-state index contributed by atoms with van der Waals surface area (Å²) in [6.07, 6.45) is 3.27. The highest BCUT2D eigenvalue weighted by Crippen LogP contribution is 2.32. The topological polar surface area (TPSA) is 93.4 Å². The first-order valence-electron chi connectivity index (χ1n) is 12.3. The Hall–Kier alpha value is -4.20. The first kappa shape index (κ1) is 23.5. The summed E-state index contributed by atoms with van der Waals surface area (Å²) < 4.78 is 11.1. The number of carbonyl (C=O) groups excluding carboxylic acids is 1. The summed E-state index contributed by atoms with van der Waals surface area (Å²) in [4.78, 5) is 24.3. The van der Waals surface area contributed by atoms with E-state index in [1.54, 1.807) is 6.20 Å². The van der Waals surface area contributed by atoms with Gasteiger partial charge in [0.25, 0.3) is 5.89 Å². The number of aromatic nitrogens is 3. The fourth-order valence-electron chi connectivity index (χ4n) is 4.45. The van der Waals surface area contributed by atoms with E-state index in [1.165, 1.54) is 0 Å². The van der Waals surface area contributed by atoms with Gasteiger partial charge in [-0.1, -0.05) is 47.6 Å². The van der Waals surface area contributed by atoms with Crippen molar-refractivity contribution < 1.29 is 14.1 Å². The van der Waals surface area contributed by atoms with Crippen LogP contribution in [0.2, 0.25) is 0 Å². The lowest BCUT2D eigenvalue weighted by Gasteiger charge is -2.32. The number of hydrogen-bond acceptors (Lipinski definition) is 7. The highest BCUT2D eigenvalue weighted by Gasteiger charge is 2.27. The maximum atomic E-state index is 12.8. The third-order valence-electron chi connectivity index (χ3n) is 6.32. The Balaban J connectivity index is 1.21. The molecule has 0 radical (unpaired) electrons. The zero-order valence-corrected chi connectivity index (χ0v) is 20.3. The van der Waals surface area contributed by atoms with Crippen LogP contribution in [0.15, 0.2) is 77.4 Å². The van der Waals surface area contributed by atoms with Gasteiger partial charge in [-0.2, -0.15) is 4.98 Å². The van der Waals surface area contributed by atoms with Gasteiger partial charge in [0.2, 0.25) is 11.7 Å². The van der Waals surface area contributed by atoms with Crippen molar-refractivity contribution in [2.45, 2.75) is 26.3 Å². The number of rotatable bonds is 8. The first-order valence-corrected chi connectivity index (χ1v) is 12.3. The number of benzene rings is 2. The Kier molecular flexibility index (Phi) is 7.21. The maximum absolute atomic E-state index is 12.8. The van der Waals surface area contributed by atoms with E-state index in [4.69, 9.17) is 9.26 Å². The van der Waals surface area contributed by atoms with Gasteiger partial charge in [-0.3, -0.25) is 4.79 Å². The molecule has 2 aromatic heterocycles. The molecule has 184 valence electrons. The van der Waals surface area contributed by atoms with Crippen LogP contribution in [-0.4, -0.2) is 40.7 Å². The van der Waals surface area contributed by atoms with Crippen LogP contribution in [0, 0.1) is 5.92 Å². The molecule has 1 saturated heterocycles. The molecule has 36 heavy (non-hydrogen) atoms. The molecule has 5 rings (SSSR count). The summed E-state index contributed by atoms with van der Waals surface area (Å²) in [6, 6.07) is 21.4. The SMILES string of the molecule is CCOc1cccc(CNC(=O)C2CCN(c3ncccc3-c3nc(-c4ccccc4)no3)CC2)c1. The number of ether oxygens (including phenoxy) is 1. The molecule has 1 aliphatic rings. The molecule has 2 aromatic carbocycles. The van der Waals surface area contributed by atoms with Crippen LogP contribution in [0.4, 0.5) is 5.82 Å². The van der Waals surface area contributed by atoms with Crippen molar-refractivity contribution >= 4 is 11.7 Å². The molecule has 1 amide bonds. The molecule has 0 unspecified atom stereocenters. The van der Waals surface area contributed by atoms with Crippen molar-refractivity contribution in [1.29, 1.82) is 0 Å². The third-order valence-corrected chi connectivity index (χ3v) is 6.32. The van der Waals surface area contributed by atoms with Gasteiger partial charge in [0, 0.05) is 37.3 Å². The molecule has 1 aliphatic heterocycles. The Bertz CT molecular complexity index is 1300. The molecule has 0 atom stereocenters. The minimum atomic E-state index is -0.0309. The van der Waals surface area contributed by atoms with Crippen molar-refractivity contribution in [3.63, 3.8) is 0 Å². The van der Waals surface area contributed by atoms with Gasteiger partial charge in [-0.05, 0) is 49.6 Å². The molecule has 0 bridgehead atoms. The summed E-state index contributed by atoms with van der Waals surface area (Å²) in [6.45, 7) is 4.51. The van der Waals surface area contributed by atoms with E-state index in [9.17, 15) is 4.79 Å². The zero-order valence-electron chi connectivity index (χ0n) is 20.3. The smallest absolute Gasteiger partial charge is 0.261 e. The van der Waals surface area contributed by atoms with Gasteiger partial charge in [-0.15, -0.1) is 0 Å². The second-order valence-electron chi connectivity index (χ2n) is 8.72. The fraction of sp³-hybridized carbons (Fsp3) is 0.286. The number of nitrogens with zero attached hydrogens (tertiary/aromatic N) is 4. The molecule has 3 heterocycles. The van der Waals surface area contributed by atoms with E-state index in [-0.39, 0.29) is 11.8 Å². The monoisotopic (exact) mass is 483 g/mol. The Morgan fingerprint density at radius 1 is 1.08 bits per heavy atom. The maximum Gasteiger partial charge on any atom is 0.261 e. The molecular formula is C28H29N5O3. The lowest BCUT2D eigenvalue weighted by Crippen LogP contribution is -2.40. The third kappa shape index (κ3) is 5.38. The molecule has 4 aromatic rings. The van der Waals surface area contributed by atoms with Crippen LogP contribution in [-0.2, 0) is 11.3 Å². The molecule has 8 heteroatoms. The molecule has 0 spiro atoms. The number of pyridine rings is 1. The fourth-order valence-corrected chi connectivity index (χ4v) is 4.45. The summed E-state index contributed by atoms with van der Waals surface area (Å²) in [5.41, 5.74) is 2.72. The lowest BCUT2D eigenvalue weighted by atomic mass is 9.95. The number of hydrogen-bond donors (Lipinski definition) is 1. The quantitative estimate of drug-likeness (QED) is 0.387. The summed E-state index contributed by atoms with van der Waals surface area (Å²) in [5, 5.41) is 7.24. The van der Waals surface area contributed by atoms with Crippen LogP contribution < -0.4 is 15.0 Å². The van der Waals surface area contributed by atoms with Crippen LogP contribution in [0.1, 0.15) is 25.3 Å². The zero-order chi connectivity index (χ0) is 24.7. The highest BCUT2D eigenvalue weighted by atomic mass is 16.5. The number of anilines is 1. The molecule has 0 aliphatic carbocycles. The number of piperidine rings is 1. The van der Waals surface area contributed by atoms with Gasteiger partial charge in [0.05, 0.1) is 12.2 Å². The van der Waals surface area contributed by atoms with Crippen LogP contribution in [0.25, 0.3) is 22.8 Å². The largest absolute Gasteiger partial charge is 0.494 e. The summed E-state index contributed by atoms with van der Waals surface area (Å²) in [7, 11) is 0. The average Bonchev–Trinajstić information content (AvgIpc) is 3.43. The molecule has 1 N–H and O–H groups in total. The van der Waals surface area contributed by atoms with Crippen molar-refractivity contribution in [2.75, 3.05) is 24.6 Å².